The molecule has 19 heavy (non-hydrogen) atoms. The standard InChI is InChI=1S/C8H19NO5.CH2O3.Na/c1-9(2)3-5(11)7(13)8(14)6(12)4-10;2-1(3)4;/h5-8,10-14H,3-4H2,1-2H3;(H2,2,3,4);/q;;+1/p-1. The van der Waals surface area contributed by atoms with E-state index in [1.807, 2.05) is 0 Å². The number of hydrogen-bond acceptors (Lipinski definition) is 8. The van der Waals surface area contributed by atoms with Gasteiger partial charge in [0.05, 0.1) is 12.7 Å². The average molecular weight is 293 g/mol. The molecule has 0 aliphatic rings. The van der Waals surface area contributed by atoms with Gasteiger partial charge in [-0.05, 0) is 14.1 Å². The largest absolute Gasteiger partial charge is 1.00 e. The third-order valence-corrected chi connectivity index (χ3v) is 1.88. The molecule has 0 radical (unpaired) electrons. The second-order valence-corrected chi connectivity index (χ2v) is 3.83. The Kier molecular flexibility index (Phi) is 16.5. The summed E-state index contributed by atoms with van der Waals surface area (Å²) < 4.78 is 0. The minimum absolute atomic E-state index is 0. The number of nitrogens with zero attached hydrogens (tertiary/aromatic N) is 1. The molecular formula is C9H20NNaO8. The van der Waals surface area contributed by atoms with Crippen LogP contribution in [-0.2, 0) is 0 Å². The molecule has 6 N–H and O–H groups in total. The maximum Gasteiger partial charge on any atom is 1.00 e. The summed E-state index contributed by atoms with van der Waals surface area (Å²) in [5.41, 5.74) is 0. The summed E-state index contributed by atoms with van der Waals surface area (Å²) in [5, 5.41) is 60.7. The first kappa shape index (κ1) is 24.1. The van der Waals surface area contributed by atoms with E-state index in [-0.39, 0.29) is 36.1 Å². The molecule has 0 aromatic rings. The quantitative estimate of drug-likeness (QED) is 0.261. The number of rotatable bonds is 6. The van der Waals surface area contributed by atoms with Crippen molar-refractivity contribution in [2.24, 2.45) is 0 Å². The number of carboxylic acid groups (broad SMARTS) is 2. The van der Waals surface area contributed by atoms with Gasteiger partial charge in [-0.25, -0.2) is 0 Å². The first-order valence-corrected chi connectivity index (χ1v) is 5.01. The van der Waals surface area contributed by atoms with E-state index in [1.165, 1.54) is 0 Å². The van der Waals surface area contributed by atoms with Crippen molar-refractivity contribution >= 4 is 6.16 Å². The van der Waals surface area contributed by atoms with Crippen LogP contribution in [0.1, 0.15) is 0 Å². The number of hydrogen-bond donors (Lipinski definition) is 6. The Hall–Kier alpha value is 0.0300. The van der Waals surface area contributed by atoms with Crippen LogP contribution in [-0.4, -0.2) is 93.4 Å². The molecule has 0 heterocycles. The smallest absolute Gasteiger partial charge is 0.565 e. The predicted molar refractivity (Wildman–Crippen MR) is 57.7 cm³/mol. The zero-order valence-corrected chi connectivity index (χ0v) is 13.2. The number of likely N-dealkylation sites (N-methyl/N-ethyl adjacent to an activating group) is 1. The number of aliphatic hydroxyl groups is 5. The summed E-state index contributed by atoms with van der Waals surface area (Å²) in [7, 11) is 3.40. The van der Waals surface area contributed by atoms with Crippen molar-refractivity contribution in [2.75, 3.05) is 27.2 Å². The molecule has 0 spiro atoms. The van der Waals surface area contributed by atoms with E-state index in [0.29, 0.717) is 0 Å². The molecule has 0 aromatic heterocycles. The van der Waals surface area contributed by atoms with Crippen molar-refractivity contribution in [2.45, 2.75) is 24.4 Å². The zero-order chi connectivity index (χ0) is 14.9. The summed E-state index contributed by atoms with van der Waals surface area (Å²) in [5.74, 6) is 0. The van der Waals surface area contributed by atoms with Gasteiger partial charge >= 0.3 is 29.6 Å². The van der Waals surface area contributed by atoms with Gasteiger partial charge in [0.1, 0.15) is 18.3 Å². The van der Waals surface area contributed by atoms with Gasteiger partial charge in [-0.3, -0.25) is 0 Å². The van der Waals surface area contributed by atoms with Crippen LogP contribution < -0.4 is 34.7 Å². The number of carbonyl (C=O) groups is 1. The molecule has 0 rings (SSSR count). The Morgan fingerprint density at radius 3 is 1.68 bits per heavy atom. The van der Waals surface area contributed by atoms with Gasteiger partial charge < -0.3 is 45.4 Å². The molecule has 10 heteroatoms. The summed E-state index contributed by atoms with van der Waals surface area (Å²) in [6, 6.07) is 0. The fourth-order valence-electron chi connectivity index (χ4n) is 1.05. The fraction of sp³-hybridized carbons (Fsp3) is 0.889. The summed E-state index contributed by atoms with van der Waals surface area (Å²) in [6.07, 6.45) is -7.71. The van der Waals surface area contributed by atoms with Gasteiger partial charge in [-0.15, -0.1) is 0 Å². The van der Waals surface area contributed by atoms with Crippen molar-refractivity contribution in [3.63, 3.8) is 0 Å². The van der Waals surface area contributed by atoms with Crippen LogP contribution in [0.15, 0.2) is 0 Å². The molecule has 0 aliphatic carbocycles. The van der Waals surface area contributed by atoms with Crippen molar-refractivity contribution in [1.29, 1.82) is 0 Å². The summed E-state index contributed by atoms with van der Waals surface area (Å²) in [4.78, 5) is 10.1. The van der Waals surface area contributed by atoms with E-state index in [1.54, 1.807) is 19.0 Å². The van der Waals surface area contributed by atoms with Gasteiger partial charge in [0.25, 0.3) is 0 Å². The Morgan fingerprint density at radius 1 is 1.11 bits per heavy atom. The van der Waals surface area contributed by atoms with Crippen molar-refractivity contribution in [3.8, 4) is 0 Å². The van der Waals surface area contributed by atoms with E-state index < -0.39 is 37.2 Å². The Bertz CT molecular complexity index is 226. The van der Waals surface area contributed by atoms with Crippen molar-refractivity contribution < 1.29 is 70.1 Å². The van der Waals surface area contributed by atoms with Gasteiger partial charge in [-0.1, -0.05) is 0 Å². The Balaban J connectivity index is -0.000000448. The third-order valence-electron chi connectivity index (χ3n) is 1.88. The molecule has 0 aromatic carbocycles. The fourth-order valence-corrected chi connectivity index (χ4v) is 1.05. The third kappa shape index (κ3) is 14.3. The van der Waals surface area contributed by atoms with Gasteiger partial charge in [0, 0.05) is 6.54 Å². The van der Waals surface area contributed by atoms with Crippen molar-refractivity contribution in [1.82, 2.24) is 4.90 Å². The SMILES string of the molecule is CN(C)CC(O)C(O)C(O)C(O)CO.O=C([O-])O.[Na+]. The van der Waals surface area contributed by atoms with Crippen LogP contribution in [0.5, 0.6) is 0 Å². The minimum Gasteiger partial charge on any atom is -0.565 e. The first-order chi connectivity index (χ1) is 8.13. The van der Waals surface area contributed by atoms with Crippen LogP contribution in [0.2, 0.25) is 0 Å². The molecule has 4 atom stereocenters. The van der Waals surface area contributed by atoms with E-state index in [0.717, 1.165) is 0 Å². The summed E-state index contributed by atoms with van der Waals surface area (Å²) in [6.45, 7) is -0.497. The second-order valence-electron chi connectivity index (χ2n) is 3.83. The molecule has 0 amide bonds. The van der Waals surface area contributed by atoms with Crippen LogP contribution >= 0.6 is 0 Å². The topological polar surface area (TPSA) is 165 Å². The van der Waals surface area contributed by atoms with Crippen LogP contribution in [0, 0.1) is 0 Å². The molecular weight excluding hydrogens is 273 g/mol. The molecule has 0 saturated carbocycles. The Morgan fingerprint density at radius 2 is 1.42 bits per heavy atom. The second kappa shape index (κ2) is 13.0. The number of aliphatic hydroxyl groups excluding tert-OH is 5. The van der Waals surface area contributed by atoms with E-state index >= 15 is 0 Å². The molecule has 9 nitrogen and oxygen atoms in total. The van der Waals surface area contributed by atoms with Gasteiger partial charge in [0.15, 0.2) is 0 Å². The zero-order valence-electron chi connectivity index (χ0n) is 11.2. The van der Waals surface area contributed by atoms with E-state index in [4.69, 9.17) is 25.2 Å². The van der Waals surface area contributed by atoms with E-state index in [2.05, 4.69) is 0 Å². The van der Waals surface area contributed by atoms with Crippen LogP contribution in [0.4, 0.5) is 4.79 Å². The van der Waals surface area contributed by atoms with Crippen LogP contribution in [0.25, 0.3) is 0 Å². The molecule has 0 bridgehead atoms. The molecule has 0 saturated heterocycles. The summed E-state index contributed by atoms with van der Waals surface area (Å²) >= 11 is 0. The van der Waals surface area contributed by atoms with E-state index in [9.17, 15) is 15.3 Å². The molecule has 110 valence electrons. The maximum absolute atomic E-state index is 9.36. The Labute approximate surface area is 133 Å². The molecule has 4 unspecified atom stereocenters. The maximum atomic E-state index is 9.36. The average Bonchev–Trinajstić information content (AvgIpc) is 2.24. The van der Waals surface area contributed by atoms with Crippen molar-refractivity contribution in [3.05, 3.63) is 0 Å². The van der Waals surface area contributed by atoms with Gasteiger partial charge in [0.2, 0.25) is 6.16 Å². The minimum atomic E-state index is -2.08. The van der Waals surface area contributed by atoms with Crippen LogP contribution in [0.3, 0.4) is 0 Å². The molecule has 0 fully saturated rings. The van der Waals surface area contributed by atoms with Gasteiger partial charge in [-0.2, -0.15) is 0 Å². The first-order valence-electron chi connectivity index (χ1n) is 5.01. The predicted octanol–water partition coefficient (Wildman–Crippen LogP) is -7.12. The monoisotopic (exact) mass is 293 g/mol. The molecule has 0 aliphatic heterocycles. The normalized spacial score (nSPS) is 16.4.